The minimum Gasteiger partial charge on any atom is -0.363 e. The van der Waals surface area contributed by atoms with Crippen LogP contribution in [0.1, 0.15) is 39.0 Å². The fourth-order valence-corrected chi connectivity index (χ4v) is 2.70. The Morgan fingerprint density at radius 2 is 1.93 bits per heavy atom. The summed E-state index contributed by atoms with van der Waals surface area (Å²) in [5.41, 5.74) is 0. The van der Waals surface area contributed by atoms with Gasteiger partial charge in [0.15, 0.2) is 0 Å². The second-order valence-electron chi connectivity index (χ2n) is 4.97. The van der Waals surface area contributed by atoms with Crippen LogP contribution in [0.2, 0.25) is 0 Å². The van der Waals surface area contributed by atoms with Crippen molar-refractivity contribution in [3.05, 3.63) is 0 Å². The van der Waals surface area contributed by atoms with E-state index < -0.39 is 0 Å². The highest BCUT2D eigenvalue weighted by molar-refractivity contribution is 5.85. The van der Waals surface area contributed by atoms with Crippen molar-refractivity contribution in [1.29, 1.82) is 0 Å². The first-order valence-electron chi connectivity index (χ1n) is 6.03. The Hall–Kier alpha value is -0.530. The van der Waals surface area contributed by atoms with E-state index in [2.05, 4.69) is 18.9 Å². The maximum absolute atomic E-state index is 4.70. The maximum atomic E-state index is 4.70. The van der Waals surface area contributed by atoms with Crippen molar-refractivity contribution in [1.82, 2.24) is 4.90 Å². The van der Waals surface area contributed by atoms with E-state index in [1.165, 1.54) is 44.5 Å². The van der Waals surface area contributed by atoms with Crippen molar-refractivity contribution in [2.45, 2.75) is 39.0 Å². The average molecular weight is 194 g/mol. The SMILES string of the molecule is CC1CCC(C2=NCCCN2C)CC1. The first-order chi connectivity index (χ1) is 6.77. The van der Waals surface area contributed by atoms with Gasteiger partial charge in [0.1, 0.15) is 5.84 Å². The minimum absolute atomic E-state index is 0.775. The number of aliphatic imine (C=N–C) groups is 1. The molecule has 0 unspecified atom stereocenters. The number of hydrogen-bond donors (Lipinski definition) is 0. The van der Waals surface area contributed by atoms with Gasteiger partial charge in [0.05, 0.1) is 0 Å². The Morgan fingerprint density at radius 3 is 2.57 bits per heavy atom. The van der Waals surface area contributed by atoms with Crippen molar-refractivity contribution in [2.24, 2.45) is 16.8 Å². The molecule has 2 rings (SSSR count). The van der Waals surface area contributed by atoms with Crippen LogP contribution >= 0.6 is 0 Å². The summed E-state index contributed by atoms with van der Waals surface area (Å²) >= 11 is 0. The standard InChI is InChI=1S/C12H22N2/c1-10-4-6-11(7-5-10)12-13-8-3-9-14(12)2/h10-11H,3-9H2,1-2H3. The molecule has 14 heavy (non-hydrogen) atoms. The Labute approximate surface area is 87.4 Å². The summed E-state index contributed by atoms with van der Waals surface area (Å²) in [6.07, 6.45) is 6.77. The molecule has 2 heteroatoms. The molecule has 0 bridgehead atoms. The van der Waals surface area contributed by atoms with Crippen molar-refractivity contribution in [2.75, 3.05) is 20.1 Å². The Balaban J connectivity index is 1.97. The van der Waals surface area contributed by atoms with E-state index in [-0.39, 0.29) is 0 Å². The zero-order valence-electron chi connectivity index (χ0n) is 9.50. The molecular formula is C12H22N2. The second kappa shape index (κ2) is 4.33. The lowest BCUT2D eigenvalue weighted by Crippen LogP contribution is -2.38. The Kier molecular flexibility index (Phi) is 3.09. The highest BCUT2D eigenvalue weighted by Crippen LogP contribution is 2.30. The van der Waals surface area contributed by atoms with Crippen LogP contribution in [0, 0.1) is 11.8 Å². The summed E-state index contributed by atoms with van der Waals surface area (Å²) in [5.74, 6) is 3.13. The van der Waals surface area contributed by atoms with Crippen LogP contribution < -0.4 is 0 Å². The van der Waals surface area contributed by atoms with Gasteiger partial charge in [-0.1, -0.05) is 19.8 Å². The summed E-state index contributed by atoms with van der Waals surface area (Å²) in [6, 6.07) is 0. The Bertz CT molecular complexity index is 214. The fraction of sp³-hybridized carbons (Fsp3) is 0.917. The molecule has 0 aromatic heterocycles. The minimum atomic E-state index is 0.775. The third kappa shape index (κ3) is 2.10. The van der Waals surface area contributed by atoms with Crippen LogP contribution in [0.25, 0.3) is 0 Å². The predicted molar refractivity (Wildman–Crippen MR) is 60.7 cm³/mol. The molecule has 2 nitrogen and oxygen atoms in total. The van der Waals surface area contributed by atoms with Gasteiger partial charge in [-0.25, -0.2) is 0 Å². The average Bonchev–Trinajstić information content (AvgIpc) is 2.20. The molecule has 2 aliphatic rings. The number of nitrogens with zero attached hydrogens (tertiary/aromatic N) is 2. The molecule has 80 valence electrons. The lowest BCUT2D eigenvalue weighted by atomic mass is 9.82. The molecule has 0 atom stereocenters. The normalized spacial score (nSPS) is 34.1. The van der Waals surface area contributed by atoms with Gasteiger partial charge in [-0.05, 0) is 25.2 Å². The lowest BCUT2D eigenvalue weighted by Gasteiger charge is -2.34. The maximum Gasteiger partial charge on any atom is 0.102 e. The van der Waals surface area contributed by atoms with E-state index in [1.54, 1.807) is 0 Å². The largest absolute Gasteiger partial charge is 0.363 e. The molecule has 0 N–H and O–H groups in total. The molecule has 0 aromatic rings. The third-order valence-corrected chi connectivity index (χ3v) is 3.70. The van der Waals surface area contributed by atoms with Gasteiger partial charge in [-0.15, -0.1) is 0 Å². The topological polar surface area (TPSA) is 15.6 Å². The van der Waals surface area contributed by atoms with Crippen molar-refractivity contribution >= 4 is 5.84 Å². The molecule has 1 aliphatic heterocycles. The molecule has 0 radical (unpaired) electrons. The van der Waals surface area contributed by atoms with Gasteiger partial charge in [0, 0.05) is 26.1 Å². The van der Waals surface area contributed by atoms with Crippen LogP contribution in [0.4, 0.5) is 0 Å². The zero-order valence-corrected chi connectivity index (χ0v) is 9.50. The zero-order chi connectivity index (χ0) is 9.97. The molecule has 1 aliphatic carbocycles. The van der Waals surface area contributed by atoms with Crippen LogP contribution in [0.3, 0.4) is 0 Å². The summed E-state index contributed by atoms with van der Waals surface area (Å²) < 4.78 is 0. The van der Waals surface area contributed by atoms with Crippen molar-refractivity contribution in [3.8, 4) is 0 Å². The van der Waals surface area contributed by atoms with Gasteiger partial charge in [-0.3, -0.25) is 4.99 Å². The summed E-state index contributed by atoms with van der Waals surface area (Å²) in [5, 5.41) is 0. The van der Waals surface area contributed by atoms with Gasteiger partial charge >= 0.3 is 0 Å². The lowest BCUT2D eigenvalue weighted by molar-refractivity contribution is 0.316. The molecular weight excluding hydrogens is 172 g/mol. The molecule has 1 heterocycles. The van der Waals surface area contributed by atoms with Crippen molar-refractivity contribution < 1.29 is 0 Å². The summed E-state index contributed by atoms with van der Waals surface area (Å²) in [4.78, 5) is 7.08. The van der Waals surface area contributed by atoms with E-state index in [1.807, 2.05) is 0 Å². The first-order valence-corrected chi connectivity index (χ1v) is 6.03. The molecule has 1 fully saturated rings. The molecule has 0 saturated heterocycles. The van der Waals surface area contributed by atoms with Crippen LogP contribution in [0.15, 0.2) is 4.99 Å². The van der Waals surface area contributed by atoms with Gasteiger partial charge in [0.2, 0.25) is 0 Å². The smallest absolute Gasteiger partial charge is 0.102 e. The molecule has 0 amide bonds. The van der Waals surface area contributed by atoms with Crippen LogP contribution in [-0.2, 0) is 0 Å². The fourth-order valence-electron chi connectivity index (χ4n) is 2.70. The van der Waals surface area contributed by atoms with Crippen molar-refractivity contribution in [3.63, 3.8) is 0 Å². The monoisotopic (exact) mass is 194 g/mol. The summed E-state index contributed by atoms with van der Waals surface area (Å²) in [6.45, 7) is 4.65. The van der Waals surface area contributed by atoms with Crippen LogP contribution in [0.5, 0.6) is 0 Å². The number of hydrogen-bond acceptors (Lipinski definition) is 2. The van der Waals surface area contributed by atoms with Gasteiger partial charge in [0.25, 0.3) is 0 Å². The van der Waals surface area contributed by atoms with Gasteiger partial charge in [-0.2, -0.15) is 0 Å². The summed E-state index contributed by atoms with van der Waals surface area (Å²) in [7, 11) is 2.20. The van der Waals surface area contributed by atoms with E-state index in [0.717, 1.165) is 18.4 Å². The van der Waals surface area contributed by atoms with E-state index in [4.69, 9.17) is 4.99 Å². The predicted octanol–water partition coefficient (Wildman–Crippen LogP) is 2.55. The molecule has 0 spiro atoms. The van der Waals surface area contributed by atoms with Gasteiger partial charge < -0.3 is 4.90 Å². The van der Waals surface area contributed by atoms with E-state index >= 15 is 0 Å². The number of rotatable bonds is 1. The quantitative estimate of drug-likeness (QED) is 0.626. The molecule has 1 saturated carbocycles. The number of amidine groups is 1. The molecule has 0 aromatic carbocycles. The van der Waals surface area contributed by atoms with E-state index in [0.29, 0.717) is 0 Å². The first kappa shape index (κ1) is 10.0. The second-order valence-corrected chi connectivity index (χ2v) is 4.97. The Morgan fingerprint density at radius 1 is 1.21 bits per heavy atom. The van der Waals surface area contributed by atoms with E-state index in [9.17, 15) is 0 Å². The third-order valence-electron chi connectivity index (χ3n) is 3.70. The van der Waals surface area contributed by atoms with Crippen LogP contribution in [-0.4, -0.2) is 30.9 Å². The highest BCUT2D eigenvalue weighted by atomic mass is 15.2. The highest BCUT2D eigenvalue weighted by Gasteiger charge is 2.25.